The Hall–Kier alpha value is 1.36. The van der Waals surface area contributed by atoms with Crippen LogP contribution in [0.3, 0.4) is 0 Å². The van der Waals surface area contributed by atoms with Gasteiger partial charge in [-0.05, 0) is 23.3 Å². The van der Waals surface area contributed by atoms with Crippen molar-refractivity contribution in [3.63, 3.8) is 0 Å². The minimum atomic E-state index is -0.715. The van der Waals surface area contributed by atoms with Gasteiger partial charge in [-0.2, -0.15) is 0 Å². The molecule has 1 heterocycles. The number of allylic oxidation sites excluding steroid dienone is 1. The van der Waals surface area contributed by atoms with Crippen LogP contribution < -0.4 is 0 Å². The molecule has 0 aliphatic carbocycles. The van der Waals surface area contributed by atoms with Crippen LogP contribution in [0.1, 0.15) is 0 Å². The molecule has 68 valence electrons. The lowest BCUT2D eigenvalue weighted by atomic mass is 10.3. The van der Waals surface area contributed by atoms with E-state index in [1.165, 1.54) is 11.8 Å². The minimum Gasteiger partial charge on any atom is -0.279 e. The second-order valence-corrected chi connectivity index (χ2v) is 7.15. The van der Waals surface area contributed by atoms with Crippen molar-refractivity contribution in [2.24, 2.45) is 0 Å². The van der Waals surface area contributed by atoms with E-state index in [0.717, 1.165) is 4.91 Å². The largest absolute Gasteiger partial charge is 0.279 e. The van der Waals surface area contributed by atoms with Crippen LogP contribution in [-0.4, -0.2) is 20.0 Å². The Morgan fingerprint density at radius 3 is 2.75 bits per heavy atom. The van der Waals surface area contributed by atoms with Gasteiger partial charge < -0.3 is 0 Å². The molecular weight excluding hydrogens is 347 g/mol. The molecule has 0 saturated carbocycles. The van der Waals surface area contributed by atoms with Gasteiger partial charge in [0, 0.05) is 4.91 Å². The average Bonchev–Trinajstić information content (AvgIpc) is 2.31. The van der Waals surface area contributed by atoms with Crippen molar-refractivity contribution in [1.82, 2.24) is 0 Å². The van der Waals surface area contributed by atoms with Crippen molar-refractivity contribution in [2.45, 2.75) is 8.48 Å². The van der Waals surface area contributed by atoms with Crippen molar-refractivity contribution in [3.8, 4) is 0 Å². The summed E-state index contributed by atoms with van der Waals surface area (Å²) in [6, 6.07) is 0. The third kappa shape index (κ3) is 1.90. The van der Waals surface area contributed by atoms with Crippen molar-refractivity contribution in [3.05, 3.63) is 10.3 Å². The van der Waals surface area contributed by atoms with Gasteiger partial charge in [-0.15, -0.1) is 23.5 Å². The number of carbonyl (C=O) groups is 1. The van der Waals surface area contributed by atoms with Crippen LogP contribution in [-0.2, 0) is 4.79 Å². The number of hydrogen-bond donors (Lipinski definition) is 0. The van der Waals surface area contributed by atoms with Crippen LogP contribution >= 0.6 is 67.0 Å². The molecule has 2 unspecified atom stereocenters. The molecular formula is C6H5Br2ClOS2. The average molecular weight is 352 g/mol. The van der Waals surface area contributed by atoms with Crippen LogP contribution in [0.25, 0.3) is 0 Å². The lowest BCUT2D eigenvalue weighted by Gasteiger charge is -2.20. The van der Waals surface area contributed by atoms with Gasteiger partial charge in [0.1, 0.15) is 0 Å². The summed E-state index contributed by atoms with van der Waals surface area (Å²) in [4.78, 5) is 12.1. The van der Waals surface area contributed by atoms with Gasteiger partial charge in [0.2, 0.25) is 5.24 Å². The highest BCUT2D eigenvalue weighted by Crippen LogP contribution is 2.53. The van der Waals surface area contributed by atoms with Crippen LogP contribution in [0, 0.1) is 0 Å². The molecule has 0 spiro atoms. The Kier molecular flexibility index (Phi) is 4.06. The number of rotatable bonds is 2. The van der Waals surface area contributed by atoms with Gasteiger partial charge in [0.25, 0.3) is 0 Å². The normalized spacial score (nSPS) is 35.0. The standard InChI is InChI=1S/C6H5Br2ClOS2/c1-11-3-2-12-6(8,4(3)7)5(9)10/h2,4H,1H3. The molecule has 0 N–H and O–H groups in total. The summed E-state index contributed by atoms with van der Waals surface area (Å²) < 4.78 is -0.715. The molecule has 6 heteroatoms. The van der Waals surface area contributed by atoms with Gasteiger partial charge in [-0.25, -0.2) is 0 Å². The van der Waals surface area contributed by atoms with Crippen molar-refractivity contribution in [2.75, 3.05) is 6.26 Å². The van der Waals surface area contributed by atoms with E-state index in [4.69, 9.17) is 11.6 Å². The smallest absolute Gasteiger partial charge is 0.250 e. The molecule has 2 atom stereocenters. The Morgan fingerprint density at radius 1 is 1.92 bits per heavy atom. The van der Waals surface area contributed by atoms with Gasteiger partial charge in [0.15, 0.2) is 3.66 Å². The highest BCUT2D eigenvalue weighted by molar-refractivity contribution is 9.14. The quantitative estimate of drug-likeness (QED) is 0.559. The molecule has 0 aromatic carbocycles. The zero-order valence-electron chi connectivity index (χ0n) is 6.01. The van der Waals surface area contributed by atoms with Gasteiger partial charge in [0.05, 0.1) is 4.83 Å². The predicted molar refractivity (Wildman–Crippen MR) is 64.4 cm³/mol. The summed E-state index contributed by atoms with van der Waals surface area (Å²) in [5.41, 5.74) is 0. The highest BCUT2D eigenvalue weighted by Gasteiger charge is 2.47. The lowest BCUT2D eigenvalue weighted by molar-refractivity contribution is -0.111. The van der Waals surface area contributed by atoms with E-state index in [0.29, 0.717) is 0 Å². The van der Waals surface area contributed by atoms with Crippen molar-refractivity contribution in [1.29, 1.82) is 0 Å². The SMILES string of the molecule is CSC1=CSC(Br)(C(=O)Cl)C1Br. The molecule has 1 aliphatic rings. The van der Waals surface area contributed by atoms with Gasteiger partial charge in [-0.1, -0.05) is 31.9 Å². The second kappa shape index (κ2) is 4.26. The molecule has 0 aromatic rings. The first-order valence-electron chi connectivity index (χ1n) is 2.97. The second-order valence-electron chi connectivity index (χ2n) is 2.12. The summed E-state index contributed by atoms with van der Waals surface area (Å²) in [6.45, 7) is 0. The van der Waals surface area contributed by atoms with E-state index in [9.17, 15) is 4.79 Å². The number of halogens is 3. The molecule has 1 aliphatic heterocycles. The maximum Gasteiger partial charge on any atom is 0.250 e. The summed E-state index contributed by atoms with van der Waals surface area (Å²) >= 11 is 15.2. The third-order valence-electron chi connectivity index (χ3n) is 1.43. The summed E-state index contributed by atoms with van der Waals surface area (Å²) in [5, 5.41) is 1.56. The first-order chi connectivity index (χ1) is 5.52. The number of carbonyl (C=O) groups excluding carboxylic acids is 1. The topological polar surface area (TPSA) is 17.1 Å². The molecule has 1 nitrogen and oxygen atoms in total. The van der Waals surface area contributed by atoms with Crippen molar-refractivity contribution < 1.29 is 4.79 Å². The molecule has 1 rings (SSSR count). The van der Waals surface area contributed by atoms with Crippen LogP contribution in [0.2, 0.25) is 0 Å². The maximum atomic E-state index is 11.1. The Labute approximate surface area is 101 Å². The molecule has 0 amide bonds. The molecule has 0 bridgehead atoms. The highest BCUT2D eigenvalue weighted by atomic mass is 79.9. The summed E-state index contributed by atoms with van der Waals surface area (Å²) in [6.07, 6.45) is 1.97. The van der Waals surface area contributed by atoms with E-state index in [-0.39, 0.29) is 10.1 Å². The van der Waals surface area contributed by atoms with Gasteiger partial charge >= 0.3 is 0 Å². The van der Waals surface area contributed by atoms with Gasteiger partial charge in [-0.3, -0.25) is 4.79 Å². The van der Waals surface area contributed by atoms with E-state index in [1.807, 2.05) is 11.7 Å². The zero-order valence-corrected chi connectivity index (χ0v) is 11.6. The third-order valence-corrected chi connectivity index (χ3v) is 7.95. The zero-order chi connectivity index (χ0) is 9.35. The van der Waals surface area contributed by atoms with Crippen LogP contribution in [0.4, 0.5) is 0 Å². The monoisotopic (exact) mass is 350 g/mol. The maximum absolute atomic E-state index is 11.1. The Bertz CT molecular complexity index is 246. The van der Waals surface area contributed by atoms with E-state index >= 15 is 0 Å². The van der Waals surface area contributed by atoms with Crippen LogP contribution in [0.5, 0.6) is 0 Å². The molecule has 12 heavy (non-hydrogen) atoms. The molecule has 0 radical (unpaired) electrons. The van der Waals surface area contributed by atoms with E-state index < -0.39 is 3.66 Å². The predicted octanol–water partition coefficient (Wildman–Crippen LogP) is 3.56. The number of alkyl halides is 2. The molecule has 0 saturated heterocycles. The van der Waals surface area contributed by atoms with Crippen LogP contribution in [0.15, 0.2) is 10.3 Å². The molecule has 0 aromatic heterocycles. The Morgan fingerprint density at radius 2 is 2.50 bits per heavy atom. The minimum absolute atomic E-state index is 0.0324. The van der Waals surface area contributed by atoms with E-state index in [2.05, 4.69) is 31.9 Å². The fraction of sp³-hybridized carbons (Fsp3) is 0.500. The number of thioether (sulfide) groups is 2. The number of hydrogen-bond acceptors (Lipinski definition) is 3. The summed E-state index contributed by atoms with van der Waals surface area (Å²) in [5.74, 6) is 0. The Balaban J connectivity index is 2.84. The fourth-order valence-corrected chi connectivity index (χ4v) is 4.95. The first-order valence-corrected chi connectivity index (χ1v) is 7.16. The lowest BCUT2D eigenvalue weighted by Crippen LogP contribution is -2.31. The van der Waals surface area contributed by atoms with Crippen molar-refractivity contribution >= 4 is 72.2 Å². The molecule has 0 fully saturated rings. The fourth-order valence-electron chi connectivity index (χ4n) is 0.744. The first kappa shape index (κ1) is 11.4. The van der Waals surface area contributed by atoms with E-state index in [1.54, 1.807) is 11.8 Å². The summed E-state index contributed by atoms with van der Waals surface area (Å²) in [7, 11) is 0.